The number of guanidine groups is 1. The lowest BCUT2D eigenvalue weighted by Gasteiger charge is -2.22. The van der Waals surface area contributed by atoms with Gasteiger partial charge in [-0.1, -0.05) is 30.3 Å². The topological polar surface area (TPSA) is 58.8 Å². The monoisotopic (exact) mass is 355 g/mol. The maximum atomic E-state index is 5.80. The van der Waals surface area contributed by atoms with Gasteiger partial charge < -0.3 is 19.8 Å². The molecule has 2 N–H and O–H groups in total. The molecule has 3 rings (SSSR count). The van der Waals surface area contributed by atoms with E-state index in [2.05, 4.69) is 41.8 Å². The van der Waals surface area contributed by atoms with Gasteiger partial charge in [-0.2, -0.15) is 0 Å². The van der Waals surface area contributed by atoms with Crippen molar-refractivity contribution < 1.29 is 9.15 Å². The molecule has 0 bridgehead atoms. The van der Waals surface area contributed by atoms with Crippen LogP contribution in [0.4, 0.5) is 0 Å². The van der Waals surface area contributed by atoms with Crippen LogP contribution >= 0.6 is 0 Å². The van der Waals surface area contributed by atoms with Crippen molar-refractivity contribution in [3.8, 4) is 0 Å². The van der Waals surface area contributed by atoms with E-state index in [1.165, 1.54) is 12.0 Å². The summed E-state index contributed by atoms with van der Waals surface area (Å²) in [4.78, 5) is 4.77. The molecular formula is C21H29N3O2. The highest BCUT2D eigenvalue weighted by Crippen LogP contribution is 2.13. The van der Waals surface area contributed by atoms with E-state index < -0.39 is 0 Å². The van der Waals surface area contributed by atoms with Crippen LogP contribution in [0.1, 0.15) is 43.6 Å². The first kappa shape index (κ1) is 18.5. The number of benzene rings is 1. The highest BCUT2D eigenvalue weighted by molar-refractivity contribution is 5.80. The first-order valence-corrected chi connectivity index (χ1v) is 9.55. The normalized spacial score (nSPS) is 19.1. The van der Waals surface area contributed by atoms with Gasteiger partial charge in [0, 0.05) is 19.6 Å². The van der Waals surface area contributed by atoms with Crippen molar-refractivity contribution in [3.63, 3.8) is 0 Å². The van der Waals surface area contributed by atoms with Crippen molar-refractivity contribution in [2.24, 2.45) is 4.99 Å². The second-order valence-corrected chi connectivity index (χ2v) is 6.71. The van der Waals surface area contributed by atoms with Gasteiger partial charge in [-0.3, -0.25) is 4.99 Å². The quantitative estimate of drug-likeness (QED) is 0.587. The first-order valence-electron chi connectivity index (χ1n) is 9.55. The van der Waals surface area contributed by atoms with E-state index in [0.717, 1.165) is 44.1 Å². The molecule has 1 aliphatic heterocycles. The molecule has 1 fully saturated rings. The fraction of sp³-hybridized carbons (Fsp3) is 0.476. The van der Waals surface area contributed by atoms with Crippen LogP contribution in [0, 0.1) is 0 Å². The van der Waals surface area contributed by atoms with Gasteiger partial charge >= 0.3 is 0 Å². The molecule has 0 saturated carbocycles. The van der Waals surface area contributed by atoms with Crippen LogP contribution in [-0.2, 0) is 11.2 Å². The molecule has 0 spiro atoms. The van der Waals surface area contributed by atoms with Gasteiger partial charge in [0.2, 0.25) is 0 Å². The molecular weight excluding hydrogens is 326 g/mol. The second kappa shape index (κ2) is 10.0. The third kappa shape index (κ3) is 5.92. The maximum absolute atomic E-state index is 5.80. The van der Waals surface area contributed by atoms with E-state index >= 15 is 0 Å². The number of nitrogens with one attached hydrogen (secondary N) is 2. The predicted molar refractivity (Wildman–Crippen MR) is 104 cm³/mol. The lowest BCUT2D eigenvalue weighted by Crippen LogP contribution is -2.40. The standard InChI is InChI=1S/C21H29N3O2/c1-17(18-8-3-2-4-9-18)24-21(22-13-12-19-11-7-15-25-19)23-16-20-10-5-6-14-26-20/h2-4,7-9,11,15,17,20H,5-6,10,12-14,16H2,1H3,(H2,22,23,24). The Bertz CT molecular complexity index is 649. The van der Waals surface area contributed by atoms with Gasteiger partial charge in [-0.25, -0.2) is 0 Å². The molecule has 5 heteroatoms. The molecule has 2 atom stereocenters. The van der Waals surface area contributed by atoms with E-state index in [1.807, 2.05) is 18.2 Å². The summed E-state index contributed by atoms with van der Waals surface area (Å²) in [6.45, 7) is 4.47. The summed E-state index contributed by atoms with van der Waals surface area (Å²) in [6.07, 6.45) is 6.26. The van der Waals surface area contributed by atoms with Crippen LogP contribution in [0.2, 0.25) is 0 Å². The van der Waals surface area contributed by atoms with Crippen molar-refractivity contribution in [3.05, 3.63) is 60.1 Å². The van der Waals surface area contributed by atoms with Crippen LogP contribution in [0.5, 0.6) is 0 Å². The number of aliphatic imine (C=N–C) groups is 1. The minimum absolute atomic E-state index is 0.179. The lowest BCUT2D eigenvalue weighted by molar-refractivity contribution is 0.0224. The lowest BCUT2D eigenvalue weighted by atomic mass is 10.1. The molecule has 1 aromatic carbocycles. The van der Waals surface area contributed by atoms with Crippen molar-refractivity contribution in [1.82, 2.24) is 10.6 Å². The average molecular weight is 355 g/mol. The van der Waals surface area contributed by atoms with Crippen LogP contribution in [0.25, 0.3) is 0 Å². The van der Waals surface area contributed by atoms with Crippen LogP contribution in [0.15, 0.2) is 58.1 Å². The zero-order valence-corrected chi connectivity index (χ0v) is 15.5. The largest absolute Gasteiger partial charge is 0.469 e. The van der Waals surface area contributed by atoms with Gasteiger partial charge in [0.1, 0.15) is 5.76 Å². The Labute approximate surface area is 155 Å². The number of nitrogens with zero attached hydrogens (tertiary/aromatic N) is 1. The molecule has 1 aromatic heterocycles. The Balaban J connectivity index is 1.57. The van der Waals surface area contributed by atoms with Crippen molar-refractivity contribution in [1.29, 1.82) is 0 Å². The highest BCUT2D eigenvalue weighted by atomic mass is 16.5. The van der Waals surface area contributed by atoms with E-state index in [4.69, 9.17) is 14.1 Å². The summed E-state index contributed by atoms with van der Waals surface area (Å²) in [5.74, 6) is 1.80. The van der Waals surface area contributed by atoms with Gasteiger partial charge in [-0.15, -0.1) is 0 Å². The molecule has 2 unspecified atom stereocenters. The molecule has 2 aromatic rings. The Morgan fingerprint density at radius 1 is 1.19 bits per heavy atom. The van der Waals surface area contributed by atoms with E-state index in [1.54, 1.807) is 6.26 Å². The minimum Gasteiger partial charge on any atom is -0.469 e. The number of ether oxygens (including phenoxy) is 1. The average Bonchev–Trinajstić information content (AvgIpc) is 3.21. The number of rotatable bonds is 7. The Kier molecular flexibility index (Phi) is 7.14. The van der Waals surface area contributed by atoms with Gasteiger partial charge in [-0.05, 0) is 43.9 Å². The van der Waals surface area contributed by atoms with E-state index in [0.29, 0.717) is 6.54 Å². The van der Waals surface area contributed by atoms with Gasteiger partial charge in [0.25, 0.3) is 0 Å². The summed E-state index contributed by atoms with van der Waals surface area (Å²) < 4.78 is 11.2. The summed E-state index contributed by atoms with van der Waals surface area (Å²) in [5, 5.41) is 6.93. The van der Waals surface area contributed by atoms with Crippen molar-refractivity contribution >= 4 is 5.96 Å². The summed E-state index contributed by atoms with van der Waals surface area (Å²) in [7, 11) is 0. The zero-order chi connectivity index (χ0) is 18.0. The SMILES string of the molecule is CC(NC(=NCC1CCCCO1)NCCc1ccco1)c1ccccc1. The van der Waals surface area contributed by atoms with Crippen molar-refractivity contribution in [2.75, 3.05) is 19.7 Å². The van der Waals surface area contributed by atoms with Crippen LogP contribution in [-0.4, -0.2) is 31.8 Å². The molecule has 0 amide bonds. The van der Waals surface area contributed by atoms with Gasteiger partial charge in [0.15, 0.2) is 5.96 Å². The minimum atomic E-state index is 0.179. The van der Waals surface area contributed by atoms with Crippen LogP contribution < -0.4 is 10.6 Å². The fourth-order valence-electron chi connectivity index (χ4n) is 3.09. The molecule has 140 valence electrons. The Morgan fingerprint density at radius 2 is 2.08 bits per heavy atom. The number of hydrogen-bond donors (Lipinski definition) is 2. The Hall–Kier alpha value is -2.27. The van der Waals surface area contributed by atoms with Crippen molar-refractivity contribution in [2.45, 2.75) is 44.8 Å². The number of furan rings is 1. The predicted octanol–water partition coefficient (Wildman–Crippen LogP) is 3.69. The molecule has 26 heavy (non-hydrogen) atoms. The zero-order valence-electron chi connectivity index (χ0n) is 15.5. The first-order chi connectivity index (χ1) is 12.8. The van der Waals surface area contributed by atoms with E-state index in [-0.39, 0.29) is 12.1 Å². The fourth-order valence-corrected chi connectivity index (χ4v) is 3.09. The second-order valence-electron chi connectivity index (χ2n) is 6.71. The third-order valence-corrected chi connectivity index (χ3v) is 4.62. The molecule has 1 saturated heterocycles. The number of hydrogen-bond acceptors (Lipinski definition) is 3. The van der Waals surface area contributed by atoms with E-state index in [9.17, 15) is 0 Å². The molecule has 5 nitrogen and oxygen atoms in total. The molecule has 0 radical (unpaired) electrons. The maximum Gasteiger partial charge on any atom is 0.191 e. The van der Waals surface area contributed by atoms with Crippen LogP contribution in [0.3, 0.4) is 0 Å². The third-order valence-electron chi connectivity index (χ3n) is 4.62. The summed E-state index contributed by atoms with van der Waals surface area (Å²) >= 11 is 0. The van der Waals surface area contributed by atoms with Gasteiger partial charge in [0.05, 0.1) is 25.0 Å². The molecule has 1 aliphatic rings. The highest BCUT2D eigenvalue weighted by Gasteiger charge is 2.14. The smallest absolute Gasteiger partial charge is 0.191 e. The Morgan fingerprint density at radius 3 is 2.81 bits per heavy atom. The summed E-state index contributed by atoms with van der Waals surface area (Å²) in [5.41, 5.74) is 1.24. The molecule has 0 aliphatic carbocycles. The summed E-state index contributed by atoms with van der Waals surface area (Å²) in [6, 6.07) is 14.5. The molecule has 2 heterocycles.